The van der Waals surface area contributed by atoms with Crippen LogP contribution in [0.4, 0.5) is 18.9 Å². The molecule has 15 heavy (non-hydrogen) atoms. The van der Waals surface area contributed by atoms with Crippen molar-refractivity contribution < 1.29 is 18.1 Å². The Morgan fingerprint density at radius 2 is 1.80 bits per heavy atom. The molecule has 0 aromatic heterocycles. The molecule has 1 aromatic rings. The molecule has 0 saturated heterocycles. The van der Waals surface area contributed by atoms with Crippen LogP contribution in [0.2, 0.25) is 0 Å². The lowest BCUT2D eigenvalue weighted by Gasteiger charge is -2.11. The Morgan fingerprint density at radius 3 is 2.20 bits per heavy atom. The summed E-state index contributed by atoms with van der Waals surface area (Å²) < 4.78 is 37.3. The highest BCUT2D eigenvalue weighted by Gasteiger charge is 2.35. The Balaban J connectivity index is 3.49. The first-order valence-corrected chi connectivity index (χ1v) is 4.06. The third kappa shape index (κ3) is 2.26. The second kappa shape index (κ2) is 3.52. The molecule has 0 saturated carbocycles. The highest BCUT2D eigenvalue weighted by molar-refractivity contribution is 5.48. The second-order valence-corrected chi connectivity index (χ2v) is 3.21. The third-order valence-electron chi connectivity index (χ3n) is 2.03. The molecular weight excluding hydrogens is 211 g/mol. The number of nitrogens with zero attached hydrogens (tertiary/aromatic N) is 1. The highest BCUT2D eigenvalue weighted by Crippen LogP contribution is 2.36. The molecule has 82 valence electrons. The quantitative estimate of drug-likeness (QED) is 0.537. The molecule has 0 unspecified atom stereocenters. The van der Waals surface area contributed by atoms with E-state index in [1.807, 2.05) is 0 Å². The zero-order chi connectivity index (χ0) is 11.8. The van der Waals surface area contributed by atoms with E-state index in [1.165, 1.54) is 6.92 Å². The topological polar surface area (TPSA) is 43.1 Å². The van der Waals surface area contributed by atoms with Crippen LogP contribution in [0.5, 0.6) is 0 Å². The van der Waals surface area contributed by atoms with Gasteiger partial charge in [-0.1, -0.05) is 0 Å². The van der Waals surface area contributed by atoms with Gasteiger partial charge in [0.2, 0.25) is 0 Å². The van der Waals surface area contributed by atoms with Gasteiger partial charge in [0.1, 0.15) is 0 Å². The fourth-order valence-corrected chi connectivity index (χ4v) is 1.32. The fraction of sp³-hybridized carbons (Fsp3) is 0.333. The van der Waals surface area contributed by atoms with E-state index in [9.17, 15) is 23.3 Å². The predicted octanol–water partition coefficient (Wildman–Crippen LogP) is 3.23. The van der Waals surface area contributed by atoms with Crippen LogP contribution < -0.4 is 0 Å². The first-order chi connectivity index (χ1) is 6.73. The average Bonchev–Trinajstić information content (AvgIpc) is 2.06. The molecule has 0 heterocycles. The van der Waals surface area contributed by atoms with E-state index < -0.39 is 22.4 Å². The van der Waals surface area contributed by atoms with E-state index in [-0.39, 0.29) is 11.1 Å². The maximum atomic E-state index is 12.4. The van der Waals surface area contributed by atoms with Crippen molar-refractivity contribution in [3.05, 3.63) is 38.9 Å². The van der Waals surface area contributed by atoms with E-state index >= 15 is 0 Å². The Morgan fingerprint density at radius 1 is 1.27 bits per heavy atom. The van der Waals surface area contributed by atoms with Crippen molar-refractivity contribution in [1.82, 2.24) is 0 Å². The molecule has 0 bridgehead atoms. The van der Waals surface area contributed by atoms with Crippen molar-refractivity contribution >= 4 is 5.69 Å². The van der Waals surface area contributed by atoms with Crippen LogP contribution in [-0.4, -0.2) is 4.92 Å². The lowest BCUT2D eigenvalue weighted by Crippen LogP contribution is -2.09. The number of benzene rings is 1. The van der Waals surface area contributed by atoms with Crippen molar-refractivity contribution in [3.63, 3.8) is 0 Å². The lowest BCUT2D eigenvalue weighted by molar-refractivity contribution is -0.385. The highest BCUT2D eigenvalue weighted by atomic mass is 19.4. The molecule has 0 N–H and O–H groups in total. The number of aryl methyl sites for hydroxylation is 1. The smallest absolute Gasteiger partial charge is 0.258 e. The summed E-state index contributed by atoms with van der Waals surface area (Å²) >= 11 is 0. The zero-order valence-corrected chi connectivity index (χ0v) is 8.05. The largest absolute Gasteiger partial charge is 0.416 e. The van der Waals surface area contributed by atoms with Crippen LogP contribution in [0.3, 0.4) is 0 Å². The minimum Gasteiger partial charge on any atom is -0.258 e. The molecule has 0 atom stereocenters. The first-order valence-electron chi connectivity index (χ1n) is 4.06. The van der Waals surface area contributed by atoms with Gasteiger partial charge in [-0.25, -0.2) is 0 Å². The molecule has 0 amide bonds. The standard InChI is InChI=1S/C9H8F3NO2/c1-5-3-7(9(10,11)12)6(2)8(4-5)13(14)15/h3-4H,1-2H3. The summed E-state index contributed by atoms with van der Waals surface area (Å²) in [4.78, 5) is 9.68. The molecule has 0 fully saturated rings. The number of nitro benzene ring substituents is 1. The van der Waals surface area contributed by atoms with Crippen LogP contribution in [-0.2, 0) is 6.18 Å². The summed E-state index contributed by atoms with van der Waals surface area (Å²) in [6.45, 7) is 2.49. The van der Waals surface area contributed by atoms with Crippen LogP contribution in [0.25, 0.3) is 0 Å². The van der Waals surface area contributed by atoms with Gasteiger partial charge in [0, 0.05) is 11.6 Å². The fourth-order valence-electron chi connectivity index (χ4n) is 1.32. The van der Waals surface area contributed by atoms with E-state index in [1.54, 1.807) is 0 Å². The van der Waals surface area contributed by atoms with E-state index in [2.05, 4.69) is 0 Å². The Bertz CT molecular complexity index is 413. The number of hydrogen-bond acceptors (Lipinski definition) is 2. The predicted molar refractivity (Wildman–Crippen MR) is 47.6 cm³/mol. The summed E-state index contributed by atoms with van der Waals surface area (Å²) in [6.07, 6.45) is -4.55. The van der Waals surface area contributed by atoms with Gasteiger partial charge in [0.25, 0.3) is 5.69 Å². The molecule has 0 aliphatic carbocycles. The number of halogens is 3. The van der Waals surface area contributed by atoms with Gasteiger partial charge in [0.05, 0.1) is 10.5 Å². The lowest BCUT2D eigenvalue weighted by atomic mass is 10.0. The van der Waals surface area contributed by atoms with Gasteiger partial charge >= 0.3 is 6.18 Å². The van der Waals surface area contributed by atoms with Gasteiger partial charge in [-0.05, 0) is 25.5 Å². The minimum atomic E-state index is -4.55. The Labute approximate surface area is 83.7 Å². The van der Waals surface area contributed by atoms with Crippen molar-refractivity contribution in [2.24, 2.45) is 0 Å². The molecule has 0 radical (unpaired) electrons. The summed E-state index contributed by atoms with van der Waals surface area (Å²) in [5.41, 5.74) is -1.57. The average molecular weight is 219 g/mol. The van der Waals surface area contributed by atoms with E-state index in [0.717, 1.165) is 19.1 Å². The van der Waals surface area contributed by atoms with Crippen molar-refractivity contribution in [2.45, 2.75) is 20.0 Å². The van der Waals surface area contributed by atoms with Crippen molar-refractivity contribution in [3.8, 4) is 0 Å². The van der Waals surface area contributed by atoms with Crippen LogP contribution in [0, 0.1) is 24.0 Å². The van der Waals surface area contributed by atoms with Gasteiger partial charge in [-0.2, -0.15) is 13.2 Å². The zero-order valence-electron chi connectivity index (χ0n) is 8.05. The molecule has 1 rings (SSSR count). The van der Waals surface area contributed by atoms with Crippen molar-refractivity contribution in [1.29, 1.82) is 0 Å². The maximum absolute atomic E-state index is 12.4. The number of nitro groups is 1. The van der Waals surface area contributed by atoms with Gasteiger partial charge in [-0.15, -0.1) is 0 Å². The SMILES string of the molecule is Cc1cc([N+](=O)[O-])c(C)c(C(F)(F)F)c1. The van der Waals surface area contributed by atoms with Crippen LogP contribution >= 0.6 is 0 Å². The monoisotopic (exact) mass is 219 g/mol. The Hall–Kier alpha value is -1.59. The van der Waals surface area contributed by atoms with Crippen LogP contribution in [0.1, 0.15) is 16.7 Å². The van der Waals surface area contributed by atoms with Crippen LogP contribution in [0.15, 0.2) is 12.1 Å². The number of rotatable bonds is 1. The van der Waals surface area contributed by atoms with Gasteiger partial charge in [-0.3, -0.25) is 10.1 Å². The molecule has 1 aromatic carbocycles. The molecule has 0 aliphatic heterocycles. The van der Waals surface area contributed by atoms with Gasteiger partial charge < -0.3 is 0 Å². The first kappa shape index (κ1) is 11.5. The van der Waals surface area contributed by atoms with E-state index in [4.69, 9.17) is 0 Å². The summed E-state index contributed by atoms with van der Waals surface area (Å²) in [5, 5.41) is 10.5. The summed E-state index contributed by atoms with van der Waals surface area (Å²) in [5.74, 6) is 0. The van der Waals surface area contributed by atoms with E-state index in [0.29, 0.717) is 0 Å². The van der Waals surface area contributed by atoms with Crippen molar-refractivity contribution in [2.75, 3.05) is 0 Å². The molecule has 3 nitrogen and oxygen atoms in total. The summed E-state index contributed by atoms with van der Waals surface area (Å²) in [6, 6.07) is 2.03. The maximum Gasteiger partial charge on any atom is 0.416 e. The Kier molecular flexibility index (Phi) is 2.70. The number of hydrogen-bond donors (Lipinski definition) is 0. The molecular formula is C9H8F3NO2. The second-order valence-electron chi connectivity index (χ2n) is 3.21. The van der Waals surface area contributed by atoms with Gasteiger partial charge in [0.15, 0.2) is 0 Å². The normalized spacial score (nSPS) is 11.5. The molecule has 0 aliphatic rings. The molecule has 0 spiro atoms. The minimum absolute atomic E-state index is 0.222. The number of alkyl halides is 3. The third-order valence-corrected chi connectivity index (χ3v) is 2.03. The summed E-state index contributed by atoms with van der Waals surface area (Å²) in [7, 11) is 0. The molecule has 6 heteroatoms.